The van der Waals surface area contributed by atoms with Crippen molar-refractivity contribution in [2.24, 2.45) is 0 Å². The molecule has 0 radical (unpaired) electrons. The molecule has 3 rings (SSSR count). The van der Waals surface area contributed by atoms with Crippen LogP contribution >= 0.6 is 0 Å². The summed E-state index contributed by atoms with van der Waals surface area (Å²) in [5.41, 5.74) is 1.85. The van der Waals surface area contributed by atoms with Gasteiger partial charge in [0.1, 0.15) is 17.2 Å². The molecule has 3 heterocycles. The standard InChI is InChI=1S/C13H11N3O3/c1-8-14-10(11-3-2-4-19-11)6-12-15-9(5-13(17)18)7-16(8)12/h2-4,6-7H,5H2,1H3,(H,17,18). The second-order valence-corrected chi connectivity index (χ2v) is 4.20. The third kappa shape index (κ3) is 2.08. The molecule has 0 atom stereocenters. The van der Waals surface area contributed by atoms with Crippen molar-refractivity contribution < 1.29 is 14.3 Å². The number of aryl methyl sites for hydroxylation is 1. The minimum Gasteiger partial charge on any atom is -0.481 e. The van der Waals surface area contributed by atoms with Crippen molar-refractivity contribution in [2.75, 3.05) is 0 Å². The van der Waals surface area contributed by atoms with Crippen LogP contribution in [-0.2, 0) is 11.2 Å². The van der Waals surface area contributed by atoms with Crippen molar-refractivity contribution in [1.29, 1.82) is 0 Å². The summed E-state index contributed by atoms with van der Waals surface area (Å²) in [7, 11) is 0. The van der Waals surface area contributed by atoms with Crippen LogP contribution in [0.4, 0.5) is 0 Å². The summed E-state index contributed by atoms with van der Waals surface area (Å²) in [6, 6.07) is 5.38. The lowest BCUT2D eigenvalue weighted by molar-refractivity contribution is -0.136. The van der Waals surface area contributed by atoms with Gasteiger partial charge < -0.3 is 9.52 Å². The summed E-state index contributed by atoms with van der Waals surface area (Å²) < 4.78 is 7.07. The molecule has 0 unspecified atom stereocenters. The molecular weight excluding hydrogens is 246 g/mol. The predicted octanol–water partition coefficient (Wildman–Crippen LogP) is 1.92. The SMILES string of the molecule is Cc1nc(-c2ccco2)cc2nc(CC(=O)O)cn12. The van der Waals surface area contributed by atoms with Crippen LogP contribution in [0.1, 0.15) is 11.5 Å². The van der Waals surface area contributed by atoms with E-state index in [1.54, 1.807) is 29.0 Å². The number of aromatic nitrogens is 3. The van der Waals surface area contributed by atoms with Crippen molar-refractivity contribution in [2.45, 2.75) is 13.3 Å². The zero-order valence-electron chi connectivity index (χ0n) is 10.2. The number of carboxylic acid groups (broad SMARTS) is 1. The number of fused-ring (bicyclic) bond motifs is 1. The van der Waals surface area contributed by atoms with Crippen LogP contribution < -0.4 is 0 Å². The van der Waals surface area contributed by atoms with Crippen LogP contribution in [0.5, 0.6) is 0 Å². The summed E-state index contributed by atoms with van der Waals surface area (Å²) in [5.74, 6) is 0.488. The molecule has 6 heteroatoms. The Morgan fingerprint density at radius 1 is 1.47 bits per heavy atom. The Bertz CT molecular complexity index is 744. The van der Waals surface area contributed by atoms with E-state index in [-0.39, 0.29) is 6.42 Å². The lowest BCUT2D eigenvalue weighted by atomic mass is 10.3. The van der Waals surface area contributed by atoms with Gasteiger partial charge >= 0.3 is 5.97 Å². The van der Waals surface area contributed by atoms with Gasteiger partial charge in [-0.3, -0.25) is 9.20 Å². The molecule has 0 aliphatic carbocycles. The molecule has 0 fully saturated rings. The van der Waals surface area contributed by atoms with E-state index in [1.807, 2.05) is 13.0 Å². The van der Waals surface area contributed by atoms with E-state index in [0.29, 0.717) is 22.8 Å². The van der Waals surface area contributed by atoms with E-state index in [9.17, 15) is 4.79 Å². The summed E-state index contributed by atoms with van der Waals surface area (Å²) >= 11 is 0. The molecule has 19 heavy (non-hydrogen) atoms. The minimum absolute atomic E-state index is 0.1000. The smallest absolute Gasteiger partial charge is 0.309 e. The maximum Gasteiger partial charge on any atom is 0.309 e. The first-order valence-electron chi connectivity index (χ1n) is 5.75. The van der Waals surface area contributed by atoms with Gasteiger partial charge in [-0.25, -0.2) is 9.97 Å². The average Bonchev–Trinajstić information content (AvgIpc) is 2.95. The second kappa shape index (κ2) is 4.24. The maximum absolute atomic E-state index is 10.7. The number of rotatable bonds is 3. The number of hydrogen-bond donors (Lipinski definition) is 1. The van der Waals surface area contributed by atoms with Crippen molar-refractivity contribution in [1.82, 2.24) is 14.4 Å². The summed E-state index contributed by atoms with van der Waals surface area (Å²) in [5, 5.41) is 8.79. The van der Waals surface area contributed by atoms with Gasteiger partial charge in [0.05, 0.1) is 18.4 Å². The number of nitrogens with zero attached hydrogens (tertiary/aromatic N) is 3. The Labute approximate surface area is 108 Å². The van der Waals surface area contributed by atoms with Crippen molar-refractivity contribution in [3.8, 4) is 11.5 Å². The monoisotopic (exact) mass is 257 g/mol. The third-order valence-electron chi connectivity index (χ3n) is 2.79. The fraction of sp³-hybridized carbons (Fsp3) is 0.154. The lowest BCUT2D eigenvalue weighted by Gasteiger charge is -2.01. The fourth-order valence-corrected chi connectivity index (χ4v) is 1.98. The van der Waals surface area contributed by atoms with Gasteiger partial charge in [0.15, 0.2) is 5.76 Å². The van der Waals surface area contributed by atoms with Crippen molar-refractivity contribution >= 4 is 11.6 Å². The molecule has 1 N–H and O–H groups in total. The number of imidazole rings is 1. The van der Waals surface area contributed by atoms with Crippen LogP contribution in [0, 0.1) is 6.92 Å². The molecule has 96 valence electrons. The van der Waals surface area contributed by atoms with Gasteiger partial charge in [-0.1, -0.05) is 0 Å². The van der Waals surface area contributed by atoms with Gasteiger partial charge in [0.2, 0.25) is 0 Å². The Hall–Kier alpha value is -2.63. The van der Waals surface area contributed by atoms with Gasteiger partial charge in [0.25, 0.3) is 0 Å². The first-order valence-corrected chi connectivity index (χ1v) is 5.75. The number of carbonyl (C=O) groups is 1. The first kappa shape index (κ1) is 11.5. The van der Waals surface area contributed by atoms with Gasteiger partial charge in [0, 0.05) is 12.3 Å². The quantitative estimate of drug-likeness (QED) is 0.775. The minimum atomic E-state index is -0.903. The largest absolute Gasteiger partial charge is 0.481 e. The van der Waals surface area contributed by atoms with E-state index in [4.69, 9.17) is 9.52 Å². The molecule has 0 spiro atoms. The number of hydrogen-bond acceptors (Lipinski definition) is 4. The Morgan fingerprint density at radius 3 is 3.00 bits per heavy atom. The molecule has 0 aliphatic heterocycles. The second-order valence-electron chi connectivity index (χ2n) is 4.20. The Kier molecular flexibility index (Phi) is 2.56. The normalized spacial score (nSPS) is 11.0. The average molecular weight is 257 g/mol. The highest BCUT2D eigenvalue weighted by Crippen LogP contribution is 2.20. The summed E-state index contributed by atoms with van der Waals surface area (Å²) in [6.07, 6.45) is 3.17. The van der Waals surface area contributed by atoms with Crippen LogP contribution in [0.3, 0.4) is 0 Å². The molecule has 3 aromatic heterocycles. The molecule has 0 saturated carbocycles. The molecule has 0 saturated heterocycles. The zero-order valence-corrected chi connectivity index (χ0v) is 10.2. The molecule has 3 aromatic rings. The van der Waals surface area contributed by atoms with E-state index in [1.165, 1.54) is 0 Å². The van der Waals surface area contributed by atoms with E-state index in [0.717, 1.165) is 5.82 Å². The molecule has 6 nitrogen and oxygen atoms in total. The molecule has 0 aliphatic rings. The fourth-order valence-electron chi connectivity index (χ4n) is 1.98. The lowest BCUT2D eigenvalue weighted by Crippen LogP contribution is -1.99. The highest BCUT2D eigenvalue weighted by Gasteiger charge is 2.11. The summed E-state index contributed by atoms with van der Waals surface area (Å²) in [4.78, 5) is 19.4. The van der Waals surface area contributed by atoms with Gasteiger partial charge in [-0.05, 0) is 19.1 Å². The Balaban J connectivity index is 2.12. The van der Waals surface area contributed by atoms with Gasteiger partial charge in [-0.2, -0.15) is 0 Å². The first-order chi connectivity index (χ1) is 9.13. The van der Waals surface area contributed by atoms with Crippen molar-refractivity contribution in [3.63, 3.8) is 0 Å². The van der Waals surface area contributed by atoms with Crippen molar-refractivity contribution in [3.05, 3.63) is 42.2 Å². The molecule has 0 amide bonds. The van der Waals surface area contributed by atoms with E-state index < -0.39 is 5.97 Å². The molecular formula is C13H11N3O3. The summed E-state index contributed by atoms with van der Waals surface area (Å²) in [6.45, 7) is 1.84. The van der Waals surface area contributed by atoms with E-state index >= 15 is 0 Å². The molecule has 0 aromatic carbocycles. The topological polar surface area (TPSA) is 80.6 Å². The zero-order chi connectivity index (χ0) is 13.4. The Morgan fingerprint density at radius 2 is 2.32 bits per heavy atom. The van der Waals surface area contributed by atoms with Crippen LogP contribution in [0.2, 0.25) is 0 Å². The van der Waals surface area contributed by atoms with Crippen LogP contribution in [-0.4, -0.2) is 25.4 Å². The number of furan rings is 1. The third-order valence-corrected chi connectivity index (χ3v) is 2.79. The van der Waals surface area contributed by atoms with Crippen LogP contribution in [0.15, 0.2) is 35.1 Å². The van der Waals surface area contributed by atoms with Crippen LogP contribution in [0.25, 0.3) is 17.1 Å². The predicted molar refractivity (Wildman–Crippen MR) is 66.8 cm³/mol. The van der Waals surface area contributed by atoms with Gasteiger partial charge in [-0.15, -0.1) is 0 Å². The molecule has 0 bridgehead atoms. The maximum atomic E-state index is 10.7. The highest BCUT2D eigenvalue weighted by molar-refractivity contribution is 5.70. The van der Waals surface area contributed by atoms with E-state index in [2.05, 4.69) is 9.97 Å². The highest BCUT2D eigenvalue weighted by atomic mass is 16.4. The number of carboxylic acids is 1. The number of aliphatic carboxylic acids is 1.